The Morgan fingerprint density at radius 1 is 1.03 bits per heavy atom. The van der Waals surface area contributed by atoms with Crippen LogP contribution in [0.4, 0.5) is 0 Å². The first-order valence-corrected chi connectivity index (χ1v) is 11.2. The van der Waals surface area contributed by atoms with Gasteiger partial charge in [0.05, 0.1) is 19.2 Å². The van der Waals surface area contributed by atoms with Crippen LogP contribution >= 0.6 is 0 Å². The van der Waals surface area contributed by atoms with Crippen molar-refractivity contribution in [2.24, 2.45) is 0 Å². The molecule has 0 unspecified atom stereocenters. The van der Waals surface area contributed by atoms with Crippen LogP contribution in [0.25, 0.3) is 10.9 Å². The van der Waals surface area contributed by atoms with E-state index in [9.17, 15) is 0 Å². The van der Waals surface area contributed by atoms with Gasteiger partial charge in [-0.15, -0.1) is 0 Å². The summed E-state index contributed by atoms with van der Waals surface area (Å²) in [5.41, 5.74) is 3.52. The van der Waals surface area contributed by atoms with Crippen LogP contribution in [-0.4, -0.2) is 68.3 Å². The van der Waals surface area contributed by atoms with Gasteiger partial charge in [-0.05, 0) is 95.9 Å². The van der Waals surface area contributed by atoms with Crippen LogP contribution < -0.4 is 9.47 Å². The van der Waals surface area contributed by atoms with E-state index in [4.69, 9.17) is 14.5 Å². The fourth-order valence-electron chi connectivity index (χ4n) is 4.80. The summed E-state index contributed by atoms with van der Waals surface area (Å²) in [6.45, 7) is 8.72. The number of nitrogens with zero attached hydrogens (tertiary/aromatic N) is 3. The second-order valence-corrected chi connectivity index (χ2v) is 8.70. The van der Waals surface area contributed by atoms with Crippen LogP contribution in [0.2, 0.25) is 0 Å². The lowest BCUT2D eigenvalue weighted by molar-refractivity contribution is 0.254. The number of piperidine rings is 1. The highest BCUT2D eigenvalue weighted by molar-refractivity contribution is 5.86. The summed E-state index contributed by atoms with van der Waals surface area (Å²) < 4.78 is 11.8. The Hall–Kier alpha value is -1.85. The van der Waals surface area contributed by atoms with Crippen LogP contribution in [0, 0.1) is 6.92 Å². The Morgan fingerprint density at radius 3 is 2.52 bits per heavy atom. The number of hydrogen-bond donors (Lipinski definition) is 0. The van der Waals surface area contributed by atoms with E-state index >= 15 is 0 Å². The minimum absolute atomic E-state index is 0.590. The van der Waals surface area contributed by atoms with E-state index in [-0.39, 0.29) is 0 Å². The number of fused-ring (bicyclic) bond motifs is 1. The highest BCUT2D eigenvalue weighted by Crippen LogP contribution is 2.38. The summed E-state index contributed by atoms with van der Waals surface area (Å²) in [5, 5.41) is 1.21. The first-order chi connectivity index (χ1) is 14.1. The molecule has 158 valence electrons. The zero-order chi connectivity index (χ0) is 20.2. The molecule has 2 saturated heterocycles. The summed E-state index contributed by atoms with van der Waals surface area (Å²) in [7, 11) is 3.94. The number of hydrogen-bond acceptors (Lipinski definition) is 5. The number of ether oxygens (including phenoxy) is 2. The lowest BCUT2D eigenvalue weighted by Gasteiger charge is -2.30. The Morgan fingerprint density at radius 2 is 1.79 bits per heavy atom. The SMILES string of the molecule is COc1cc2c(C3CCN(C)CC3)cc(C)nc2cc1OCCCN1CCCC1. The molecule has 0 radical (unpaired) electrons. The van der Waals surface area contributed by atoms with Gasteiger partial charge in [0.1, 0.15) is 0 Å². The predicted molar refractivity (Wildman–Crippen MR) is 118 cm³/mol. The van der Waals surface area contributed by atoms with Crippen LogP contribution in [0.3, 0.4) is 0 Å². The van der Waals surface area contributed by atoms with Crippen LogP contribution in [0.1, 0.15) is 49.3 Å². The van der Waals surface area contributed by atoms with Crippen LogP contribution in [-0.2, 0) is 0 Å². The first-order valence-electron chi connectivity index (χ1n) is 11.2. The average molecular weight is 398 g/mol. The Kier molecular flexibility index (Phi) is 6.56. The topological polar surface area (TPSA) is 37.8 Å². The monoisotopic (exact) mass is 397 g/mol. The molecule has 0 atom stereocenters. The van der Waals surface area contributed by atoms with Crippen molar-refractivity contribution < 1.29 is 9.47 Å². The zero-order valence-corrected chi connectivity index (χ0v) is 18.2. The normalized spacial score (nSPS) is 19.1. The van der Waals surface area contributed by atoms with Gasteiger partial charge in [0, 0.05) is 23.7 Å². The van der Waals surface area contributed by atoms with Gasteiger partial charge in [-0.3, -0.25) is 4.98 Å². The molecular formula is C24H35N3O2. The predicted octanol–water partition coefficient (Wildman–Crippen LogP) is 4.23. The maximum absolute atomic E-state index is 6.14. The molecule has 29 heavy (non-hydrogen) atoms. The van der Waals surface area contributed by atoms with Gasteiger partial charge in [0.15, 0.2) is 11.5 Å². The summed E-state index contributed by atoms with van der Waals surface area (Å²) in [5.74, 6) is 2.22. The van der Waals surface area contributed by atoms with Gasteiger partial charge >= 0.3 is 0 Å². The molecule has 1 aromatic carbocycles. The van der Waals surface area contributed by atoms with Crippen molar-refractivity contribution in [1.82, 2.24) is 14.8 Å². The van der Waals surface area contributed by atoms with Crippen molar-refractivity contribution >= 4 is 10.9 Å². The van der Waals surface area contributed by atoms with E-state index in [1.54, 1.807) is 7.11 Å². The molecule has 2 aromatic rings. The number of aromatic nitrogens is 1. The molecule has 2 aliphatic heterocycles. The minimum atomic E-state index is 0.590. The van der Waals surface area contributed by atoms with E-state index in [0.29, 0.717) is 12.5 Å². The van der Waals surface area contributed by atoms with Crippen molar-refractivity contribution in [3.05, 3.63) is 29.5 Å². The second kappa shape index (κ2) is 9.31. The van der Waals surface area contributed by atoms with Gasteiger partial charge in [0.25, 0.3) is 0 Å². The molecule has 0 spiro atoms. The third-order valence-corrected chi connectivity index (χ3v) is 6.49. The molecule has 0 saturated carbocycles. The third-order valence-electron chi connectivity index (χ3n) is 6.49. The molecule has 0 bridgehead atoms. The molecule has 5 heteroatoms. The Bertz CT molecular complexity index is 824. The van der Waals surface area contributed by atoms with E-state index in [2.05, 4.69) is 42.0 Å². The molecule has 3 heterocycles. The first kappa shape index (κ1) is 20.4. The molecule has 2 fully saturated rings. The smallest absolute Gasteiger partial charge is 0.163 e. The third kappa shape index (κ3) is 4.84. The summed E-state index contributed by atoms with van der Waals surface area (Å²) in [6.07, 6.45) is 6.12. The van der Waals surface area contributed by atoms with Crippen molar-refractivity contribution in [2.75, 3.05) is 53.5 Å². The van der Waals surface area contributed by atoms with Crippen molar-refractivity contribution in [3.8, 4) is 11.5 Å². The lowest BCUT2D eigenvalue weighted by Crippen LogP contribution is -2.29. The largest absolute Gasteiger partial charge is 0.493 e. The summed E-state index contributed by atoms with van der Waals surface area (Å²) >= 11 is 0. The summed E-state index contributed by atoms with van der Waals surface area (Å²) in [6, 6.07) is 6.50. The number of pyridine rings is 1. The maximum Gasteiger partial charge on any atom is 0.163 e. The zero-order valence-electron chi connectivity index (χ0n) is 18.2. The van der Waals surface area contributed by atoms with Gasteiger partial charge in [-0.2, -0.15) is 0 Å². The van der Waals surface area contributed by atoms with E-state index in [1.165, 1.54) is 49.7 Å². The molecular weight excluding hydrogens is 362 g/mol. The Balaban J connectivity index is 1.53. The number of benzene rings is 1. The molecule has 2 aliphatic rings. The quantitative estimate of drug-likeness (QED) is 0.654. The molecule has 4 rings (SSSR count). The van der Waals surface area contributed by atoms with Crippen molar-refractivity contribution in [2.45, 2.75) is 44.9 Å². The van der Waals surface area contributed by atoms with Gasteiger partial charge in [-0.1, -0.05) is 0 Å². The average Bonchev–Trinajstić information content (AvgIpc) is 3.24. The minimum Gasteiger partial charge on any atom is -0.493 e. The number of likely N-dealkylation sites (tertiary alicyclic amines) is 2. The van der Waals surface area contributed by atoms with Crippen molar-refractivity contribution in [1.29, 1.82) is 0 Å². The van der Waals surface area contributed by atoms with E-state index in [0.717, 1.165) is 48.8 Å². The van der Waals surface area contributed by atoms with E-state index in [1.807, 2.05) is 0 Å². The van der Waals surface area contributed by atoms with Crippen LogP contribution in [0.15, 0.2) is 18.2 Å². The fourth-order valence-corrected chi connectivity index (χ4v) is 4.80. The Labute approximate surface area is 175 Å². The molecule has 0 aliphatic carbocycles. The standard InChI is InChI=1S/C24H35N3O2/c1-18-15-20(19-7-12-26(2)13-8-19)21-16-23(28-3)24(17-22(21)25-18)29-14-6-11-27-9-4-5-10-27/h15-17,19H,4-14H2,1-3H3. The molecule has 5 nitrogen and oxygen atoms in total. The van der Waals surface area contributed by atoms with Gasteiger partial charge in [-0.25, -0.2) is 0 Å². The lowest BCUT2D eigenvalue weighted by atomic mass is 9.87. The molecule has 0 N–H and O–H groups in total. The molecule has 1 aromatic heterocycles. The van der Waals surface area contributed by atoms with Gasteiger partial charge in [0.2, 0.25) is 0 Å². The van der Waals surface area contributed by atoms with Crippen LogP contribution in [0.5, 0.6) is 11.5 Å². The number of aryl methyl sites for hydroxylation is 1. The highest BCUT2D eigenvalue weighted by atomic mass is 16.5. The fraction of sp³-hybridized carbons (Fsp3) is 0.625. The number of methoxy groups -OCH3 is 1. The number of rotatable bonds is 7. The summed E-state index contributed by atoms with van der Waals surface area (Å²) in [4.78, 5) is 9.76. The van der Waals surface area contributed by atoms with Gasteiger partial charge < -0.3 is 19.3 Å². The highest BCUT2D eigenvalue weighted by Gasteiger charge is 2.22. The molecule has 0 amide bonds. The second-order valence-electron chi connectivity index (χ2n) is 8.70. The van der Waals surface area contributed by atoms with Crippen molar-refractivity contribution in [3.63, 3.8) is 0 Å². The van der Waals surface area contributed by atoms with E-state index < -0.39 is 0 Å². The maximum atomic E-state index is 6.14.